The van der Waals surface area contributed by atoms with Crippen LogP contribution in [0.3, 0.4) is 0 Å². The molecule has 0 radical (unpaired) electrons. The fraction of sp³-hybridized carbons (Fsp3) is 0.333. The summed E-state index contributed by atoms with van der Waals surface area (Å²) in [6.07, 6.45) is 0. The summed E-state index contributed by atoms with van der Waals surface area (Å²) < 4.78 is 0. The van der Waals surface area contributed by atoms with Crippen molar-refractivity contribution in [3.63, 3.8) is 0 Å². The molecule has 0 spiro atoms. The second kappa shape index (κ2) is 5.05. The predicted octanol–water partition coefficient (Wildman–Crippen LogP) is 1.00. The lowest BCUT2D eigenvalue weighted by atomic mass is 10.0. The molecule has 1 aliphatic rings. The van der Waals surface area contributed by atoms with E-state index in [0.717, 1.165) is 0 Å². The van der Waals surface area contributed by atoms with Crippen molar-refractivity contribution in [3.05, 3.63) is 39.9 Å². The molecule has 1 aromatic carbocycles. The average molecular weight is 262 g/mol. The molecule has 1 heterocycles. The number of nitrogens with one attached hydrogen (secondary N) is 2. The molecule has 100 valence electrons. The molecule has 2 rings (SSSR count). The van der Waals surface area contributed by atoms with Gasteiger partial charge in [-0.3, -0.25) is 30.8 Å². The topological polar surface area (TPSA) is 96.6 Å². The number of aliphatic imine (C=N–C) groups is 1. The van der Waals surface area contributed by atoms with Gasteiger partial charge in [0.15, 0.2) is 0 Å². The van der Waals surface area contributed by atoms with Gasteiger partial charge in [-0.25, -0.2) is 0 Å². The monoisotopic (exact) mass is 262 g/mol. The molecular weight excluding hydrogens is 248 g/mol. The van der Waals surface area contributed by atoms with Crippen molar-refractivity contribution in [2.45, 2.75) is 19.9 Å². The standard InChI is InChI=1S/C12H14N4O3/c1-7(2)10-12(17)15-14-11(13-10)8-3-5-9(6-4-8)16(18)19/h3-7,10H,1-2H3,(H,13,14)(H,15,17). The second-order valence-electron chi connectivity index (χ2n) is 4.58. The Bertz CT molecular complexity index is 536. The van der Waals surface area contributed by atoms with Gasteiger partial charge in [-0.2, -0.15) is 0 Å². The lowest BCUT2D eigenvalue weighted by Crippen LogP contribution is -2.52. The molecule has 1 aliphatic heterocycles. The zero-order valence-electron chi connectivity index (χ0n) is 10.6. The van der Waals surface area contributed by atoms with Crippen LogP contribution in [0, 0.1) is 16.0 Å². The van der Waals surface area contributed by atoms with E-state index >= 15 is 0 Å². The van der Waals surface area contributed by atoms with Crippen molar-refractivity contribution >= 4 is 17.4 Å². The molecule has 0 fully saturated rings. The molecule has 7 nitrogen and oxygen atoms in total. The number of hydrogen-bond acceptors (Lipinski definition) is 5. The molecule has 2 N–H and O–H groups in total. The van der Waals surface area contributed by atoms with Crippen LogP contribution in [0.2, 0.25) is 0 Å². The van der Waals surface area contributed by atoms with E-state index in [-0.39, 0.29) is 17.5 Å². The second-order valence-corrected chi connectivity index (χ2v) is 4.58. The van der Waals surface area contributed by atoms with E-state index in [1.165, 1.54) is 12.1 Å². The van der Waals surface area contributed by atoms with Gasteiger partial charge in [0.05, 0.1) is 4.92 Å². The molecule has 0 saturated carbocycles. The summed E-state index contributed by atoms with van der Waals surface area (Å²) in [7, 11) is 0. The molecule has 19 heavy (non-hydrogen) atoms. The summed E-state index contributed by atoms with van der Waals surface area (Å²) in [6.45, 7) is 3.82. The van der Waals surface area contributed by atoms with Crippen LogP contribution >= 0.6 is 0 Å². The summed E-state index contributed by atoms with van der Waals surface area (Å²) in [5.41, 5.74) is 5.95. The van der Waals surface area contributed by atoms with Crippen LogP contribution in [0.1, 0.15) is 19.4 Å². The molecule has 1 atom stereocenters. The number of amides is 1. The maximum absolute atomic E-state index is 11.6. The first kappa shape index (κ1) is 13.0. The zero-order valence-corrected chi connectivity index (χ0v) is 10.6. The Kier molecular flexibility index (Phi) is 3.46. The van der Waals surface area contributed by atoms with Crippen LogP contribution in [-0.4, -0.2) is 22.7 Å². The number of rotatable bonds is 3. The van der Waals surface area contributed by atoms with Gasteiger partial charge in [0.1, 0.15) is 11.9 Å². The zero-order chi connectivity index (χ0) is 14.0. The van der Waals surface area contributed by atoms with Crippen LogP contribution in [0.5, 0.6) is 0 Å². The number of carbonyl (C=O) groups is 1. The Morgan fingerprint density at radius 2 is 1.89 bits per heavy atom. The number of non-ortho nitro benzene ring substituents is 1. The van der Waals surface area contributed by atoms with Crippen molar-refractivity contribution in [2.24, 2.45) is 10.9 Å². The number of hydrazine groups is 1. The van der Waals surface area contributed by atoms with Crippen molar-refractivity contribution < 1.29 is 9.72 Å². The maximum Gasteiger partial charge on any atom is 0.269 e. The lowest BCUT2D eigenvalue weighted by molar-refractivity contribution is -0.384. The van der Waals surface area contributed by atoms with Crippen LogP contribution in [0.15, 0.2) is 29.3 Å². The van der Waals surface area contributed by atoms with Crippen LogP contribution in [-0.2, 0) is 4.79 Å². The van der Waals surface area contributed by atoms with Gasteiger partial charge in [0, 0.05) is 17.7 Å². The summed E-state index contributed by atoms with van der Waals surface area (Å²) in [4.78, 5) is 26.0. The van der Waals surface area contributed by atoms with Crippen LogP contribution in [0.4, 0.5) is 5.69 Å². The first-order chi connectivity index (χ1) is 8.99. The minimum absolute atomic E-state index is 0.0182. The Labute approximate surface area is 109 Å². The molecule has 0 aromatic heterocycles. The van der Waals surface area contributed by atoms with E-state index in [0.29, 0.717) is 11.4 Å². The van der Waals surface area contributed by atoms with E-state index in [1.54, 1.807) is 12.1 Å². The maximum atomic E-state index is 11.6. The minimum atomic E-state index is -0.460. The summed E-state index contributed by atoms with van der Waals surface area (Å²) in [5, 5.41) is 10.6. The SMILES string of the molecule is CC(C)C1N=C(c2ccc([N+](=O)[O-])cc2)NNC1=O. The highest BCUT2D eigenvalue weighted by Gasteiger charge is 2.26. The number of nitro groups is 1. The predicted molar refractivity (Wildman–Crippen MR) is 69.5 cm³/mol. The highest BCUT2D eigenvalue weighted by molar-refractivity contribution is 6.03. The van der Waals surface area contributed by atoms with E-state index in [4.69, 9.17) is 0 Å². The van der Waals surface area contributed by atoms with Crippen molar-refractivity contribution in [3.8, 4) is 0 Å². The third-order valence-electron chi connectivity index (χ3n) is 2.82. The first-order valence-electron chi connectivity index (χ1n) is 5.87. The fourth-order valence-corrected chi connectivity index (χ4v) is 1.76. The van der Waals surface area contributed by atoms with E-state index in [9.17, 15) is 14.9 Å². The van der Waals surface area contributed by atoms with Crippen molar-refractivity contribution in [2.75, 3.05) is 0 Å². The van der Waals surface area contributed by atoms with Gasteiger partial charge in [-0.05, 0) is 18.1 Å². The number of hydrogen-bond donors (Lipinski definition) is 2. The normalized spacial score (nSPS) is 18.6. The summed E-state index contributed by atoms with van der Waals surface area (Å²) in [5.74, 6) is 0.406. The number of benzene rings is 1. The first-order valence-corrected chi connectivity index (χ1v) is 5.87. The highest BCUT2D eigenvalue weighted by atomic mass is 16.6. The number of nitro benzene ring substituents is 1. The number of amidine groups is 1. The minimum Gasteiger partial charge on any atom is -0.282 e. The quantitative estimate of drug-likeness (QED) is 0.627. The lowest BCUT2D eigenvalue weighted by Gasteiger charge is -2.24. The molecule has 0 bridgehead atoms. The molecule has 0 aliphatic carbocycles. The van der Waals surface area contributed by atoms with Gasteiger partial charge < -0.3 is 0 Å². The van der Waals surface area contributed by atoms with E-state index in [2.05, 4.69) is 15.8 Å². The van der Waals surface area contributed by atoms with Crippen molar-refractivity contribution in [1.29, 1.82) is 0 Å². The summed E-state index contributed by atoms with van der Waals surface area (Å²) >= 11 is 0. The molecule has 0 saturated heterocycles. The Balaban J connectivity index is 2.28. The largest absolute Gasteiger partial charge is 0.282 e. The number of nitrogens with zero attached hydrogens (tertiary/aromatic N) is 2. The third kappa shape index (κ3) is 2.70. The van der Waals surface area contributed by atoms with Gasteiger partial charge in [-0.15, -0.1) is 0 Å². The number of carbonyl (C=O) groups excluding carboxylic acids is 1. The Hall–Kier alpha value is -2.44. The molecule has 1 amide bonds. The highest BCUT2D eigenvalue weighted by Crippen LogP contribution is 2.15. The fourth-order valence-electron chi connectivity index (χ4n) is 1.76. The van der Waals surface area contributed by atoms with Crippen molar-refractivity contribution in [1.82, 2.24) is 10.9 Å². The van der Waals surface area contributed by atoms with Gasteiger partial charge in [0.2, 0.25) is 0 Å². The summed E-state index contributed by atoms with van der Waals surface area (Å²) in [6, 6.07) is 5.55. The smallest absolute Gasteiger partial charge is 0.269 e. The van der Waals surface area contributed by atoms with E-state index < -0.39 is 11.0 Å². The Morgan fingerprint density at radius 1 is 1.26 bits per heavy atom. The van der Waals surface area contributed by atoms with E-state index in [1.807, 2.05) is 13.8 Å². The van der Waals surface area contributed by atoms with Crippen LogP contribution < -0.4 is 10.9 Å². The van der Waals surface area contributed by atoms with Gasteiger partial charge in [-0.1, -0.05) is 13.8 Å². The molecule has 1 aromatic rings. The molecule has 1 unspecified atom stereocenters. The molecule has 7 heteroatoms. The van der Waals surface area contributed by atoms with Crippen LogP contribution in [0.25, 0.3) is 0 Å². The van der Waals surface area contributed by atoms with Gasteiger partial charge in [0.25, 0.3) is 11.6 Å². The Morgan fingerprint density at radius 3 is 2.42 bits per heavy atom. The van der Waals surface area contributed by atoms with Gasteiger partial charge >= 0.3 is 0 Å². The average Bonchev–Trinajstić information content (AvgIpc) is 2.39. The third-order valence-corrected chi connectivity index (χ3v) is 2.82. The molecular formula is C12H14N4O3.